The first-order chi connectivity index (χ1) is 7.95. The molecule has 0 aromatic carbocycles. The van der Waals surface area contributed by atoms with E-state index in [9.17, 15) is 0 Å². The third-order valence-corrected chi connectivity index (χ3v) is 6.29. The molecular weight excluding hydrogens is 192 g/mol. The Morgan fingerprint density at radius 3 is 2.75 bits per heavy atom. The molecule has 6 unspecified atom stereocenters. The molecule has 0 aliphatic heterocycles. The topological polar surface area (TPSA) is 0 Å². The van der Waals surface area contributed by atoms with E-state index in [1.807, 2.05) is 0 Å². The van der Waals surface area contributed by atoms with Crippen molar-refractivity contribution in [3.05, 3.63) is 12.2 Å². The Hall–Kier alpha value is -0.260. The summed E-state index contributed by atoms with van der Waals surface area (Å²) < 4.78 is 0. The average molecular weight is 216 g/mol. The van der Waals surface area contributed by atoms with Gasteiger partial charge < -0.3 is 0 Å². The smallest absolute Gasteiger partial charge is 0.0169 e. The van der Waals surface area contributed by atoms with Gasteiger partial charge in [0.1, 0.15) is 0 Å². The van der Waals surface area contributed by atoms with E-state index in [-0.39, 0.29) is 0 Å². The van der Waals surface area contributed by atoms with Gasteiger partial charge in [0, 0.05) is 0 Å². The van der Waals surface area contributed by atoms with E-state index in [0.717, 1.165) is 35.5 Å². The molecule has 3 saturated carbocycles. The second-order valence-corrected chi connectivity index (χ2v) is 6.79. The summed E-state index contributed by atoms with van der Waals surface area (Å²) in [5.74, 6) is 6.70. The number of hydrogen-bond acceptors (Lipinski definition) is 0. The Morgan fingerprint density at radius 1 is 0.812 bits per heavy atom. The molecule has 0 aromatic rings. The van der Waals surface area contributed by atoms with E-state index in [4.69, 9.17) is 0 Å². The van der Waals surface area contributed by atoms with Crippen LogP contribution in [0.2, 0.25) is 0 Å². The summed E-state index contributed by atoms with van der Waals surface area (Å²) in [5.41, 5.74) is 0. The average Bonchev–Trinajstić information content (AvgIpc) is 2.77. The predicted octanol–water partition coefficient (Wildman–Crippen LogP) is 4.42. The molecule has 6 atom stereocenters. The highest BCUT2D eigenvalue weighted by molar-refractivity contribution is 5.14. The van der Waals surface area contributed by atoms with Gasteiger partial charge in [-0.3, -0.25) is 0 Å². The fourth-order valence-corrected chi connectivity index (χ4v) is 5.72. The minimum Gasteiger partial charge on any atom is -0.0882 e. The molecule has 0 saturated heterocycles. The fourth-order valence-electron chi connectivity index (χ4n) is 5.72. The molecule has 0 aromatic heterocycles. The summed E-state index contributed by atoms with van der Waals surface area (Å²) in [6, 6.07) is 0. The Balaban J connectivity index is 1.59. The summed E-state index contributed by atoms with van der Waals surface area (Å²) in [5, 5.41) is 0. The maximum absolute atomic E-state index is 2.63. The van der Waals surface area contributed by atoms with Crippen LogP contribution in [0, 0.1) is 35.5 Å². The van der Waals surface area contributed by atoms with Gasteiger partial charge in [-0.1, -0.05) is 31.4 Å². The number of hydrogen-bond donors (Lipinski definition) is 0. The lowest BCUT2D eigenvalue weighted by Gasteiger charge is -2.51. The molecule has 0 amide bonds. The monoisotopic (exact) mass is 216 g/mol. The number of fused-ring (bicyclic) bond motifs is 6. The van der Waals surface area contributed by atoms with Crippen molar-refractivity contribution in [3.63, 3.8) is 0 Å². The SMILES string of the molecule is C1=C\C2C(CCCC/1)C1CC3CCCC3C21. The Labute approximate surface area is 99.5 Å². The van der Waals surface area contributed by atoms with Gasteiger partial charge >= 0.3 is 0 Å². The van der Waals surface area contributed by atoms with E-state index < -0.39 is 0 Å². The van der Waals surface area contributed by atoms with Crippen molar-refractivity contribution in [2.45, 2.75) is 51.4 Å². The number of allylic oxidation sites excluding steroid dienone is 2. The second-order valence-electron chi connectivity index (χ2n) is 6.79. The van der Waals surface area contributed by atoms with Crippen molar-refractivity contribution in [1.29, 1.82) is 0 Å². The van der Waals surface area contributed by atoms with Crippen molar-refractivity contribution < 1.29 is 0 Å². The molecule has 0 nitrogen and oxygen atoms in total. The van der Waals surface area contributed by atoms with Gasteiger partial charge in [-0.2, -0.15) is 0 Å². The van der Waals surface area contributed by atoms with Crippen LogP contribution in [0.25, 0.3) is 0 Å². The Kier molecular flexibility index (Phi) is 2.20. The van der Waals surface area contributed by atoms with Gasteiger partial charge in [-0.25, -0.2) is 0 Å². The van der Waals surface area contributed by atoms with Gasteiger partial charge in [0.2, 0.25) is 0 Å². The van der Waals surface area contributed by atoms with Crippen molar-refractivity contribution >= 4 is 0 Å². The summed E-state index contributed by atoms with van der Waals surface area (Å²) in [4.78, 5) is 0. The zero-order valence-corrected chi connectivity index (χ0v) is 10.3. The standard InChI is InChI=1S/C16H24/c1-2-4-8-14-13(7-3-1)15-10-11-6-5-9-12(11)16(14)15/h4,8,11-16H,1-3,5-7,9-10H2/b8-4-. The van der Waals surface area contributed by atoms with E-state index in [0.29, 0.717) is 0 Å². The van der Waals surface area contributed by atoms with Crippen LogP contribution in [0.15, 0.2) is 12.2 Å². The van der Waals surface area contributed by atoms with Crippen molar-refractivity contribution in [1.82, 2.24) is 0 Å². The van der Waals surface area contributed by atoms with Crippen LogP contribution < -0.4 is 0 Å². The first-order valence-electron chi connectivity index (χ1n) is 7.62. The van der Waals surface area contributed by atoms with Crippen LogP contribution in [0.1, 0.15) is 51.4 Å². The highest BCUT2D eigenvalue weighted by atomic mass is 14.6. The zero-order valence-electron chi connectivity index (χ0n) is 10.3. The molecule has 88 valence electrons. The molecule has 16 heavy (non-hydrogen) atoms. The van der Waals surface area contributed by atoms with Gasteiger partial charge in [0.25, 0.3) is 0 Å². The molecule has 0 heterocycles. The van der Waals surface area contributed by atoms with Crippen molar-refractivity contribution in [2.24, 2.45) is 35.5 Å². The quantitative estimate of drug-likeness (QED) is 0.526. The Morgan fingerprint density at radius 2 is 1.75 bits per heavy atom. The zero-order chi connectivity index (χ0) is 10.5. The Bertz CT molecular complexity index is 303. The first kappa shape index (κ1) is 9.74. The maximum Gasteiger partial charge on any atom is -0.0169 e. The molecule has 0 heteroatoms. The van der Waals surface area contributed by atoms with Gasteiger partial charge in [0.15, 0.2) is 0 Å². The minimum atomic E-state index is 1.01. The second kappa shape index (κ2) is 3.62. The molecule has 0 radical (unpaired) electrons. The van der Waals surface area contributed by atoms with Crippen LogP contribution in [-0.4, -0.2) is 0 Å². The normalized spacial score (nSPS) is 56.5. The molecule has 4 rings (SSSR count). The lowest BCUT2D eigenvalue weighted by molar-refractivity contribution is 0.00122. The molecule has 3 fully saturated rings. The molecular formula is C16H24. The fraction of sp³-hybridized carbons (Fsp3) is 0.875. The third kappa shape index (κ3) is 1.22. The van der Waals surface area contributed by atoms with Crippen molar-refractivity contribution in [3.8, 4) is 0 Å². The van der Waals surface area contributed by atoms with Gasteiger partial charge in [-0.15, -0.1) is 0 Å². The van der Waals surface area contributed by atoms with Crippen LogP contribution in [0.5, 0.6) is 0 Å². The predicted molar refractivity (Wildman–Crippen MR) is 67.0 cm³/mol. The lowest BCUT2D eigenvalue weighted by atomic mass is 9.54. The van der Waals surface area contributed by atoms with Crippen LogP contribution in [0.3, 0.4) is 0 Å². The van der Waals surface area contributed by atoms with Crippen LogP contribution >= 0.6 is 0 Å². The summed E-state index contributed by atoms with van der Waals surface area (Å²) >= 11 is 0. The van der Waals surface area contributed by atoms with Gasteiger partial charge in [0.05, 0.1) is 0 Å². The molecule has 4 aliphatic rings. The van der Waals surface area contributed by atoms with E-state index in [2.05, 4.69) is 12.2 Å². The molecule has 4 aliphatic carbocycles. The highest BCUT2D eigenvalue weighted by Crippen LogP contribution is 2.65. The van der Waals surface area contributed by atoms with Crippen LogP contribution in [0.4, 0.5) is 0 Å². The lowest BCUT2D eigenvalue weighted by Crippen LogP contribution is -2.45. The largest absolute Gasteiger partial charge is 0.0882 e. The van der Waals surface area contributed by atoms with Gasteiger partial charge in [-0.05, 0) is 67.6 Å². The molecule has 0 spiro atoms. The van der Waals surface area contributed by atoms with E-state index in [1.165, 1.54) is 19.3 Å². The van der Waals surface area contributed by atoms with Crippen molar-refractivity contribution in [2.75, 3.05) is 0 Å². The maximum atomic E-state index is 2.63. The molecule has 0 bridgehead atoms. The van der Waals surface area contributed by atoms with Crippen LogP contribution in [-0.2, 0) is 0 Å². The third-order valence-electron chi connectivity index (χ3n) is 6.29. The minimum absolute atomic E-state index is 1.01. The summed E-state index contributed by atoms with van der Waals surface area (Å²) in [6.07, 6.45) is 17.3. The first-order valence-corrected chi connectivity index (χ1v) is 7.62. The molecule has 0 N–H and O–H groups in total. The summed E-state index contributed by atoms with van der Waals surface area (Å²) in [7, 11) is 0. The highest BCUT2D eigenvalue weighted by Gasteiger charge is 2.58. The summed E-state index contributed by atoms with van der Waals surface area (Å²) in [6.45, 7) is 0. The van der Waals surface area contributed by atoms with E-state index in [1.54, 1.807) is 32.1 Å². The number of rotatable bonds is 0. The van der Waals surface area contributed by atoms with E-state index >= 15 is 0 Å².